The summed E-state index contributed by atoms with van der Waals surface area (Å²) in [5.41, 5.74) is 0. The van der Waals surface area contributed by atoms with Gasteiger partial charge in [-0.2, -0.15) is 0 Å². The molecule has 0 aromatic heterocycles. The molecule has 1 aliphatic heterocycles. The van der Waals surface area contributed by atoms with Crippen LogP contribution in [0.15, 0.2) is 12.2 Å². The molecule has 192 valence electrons. The molecule has 0 aromatic carbocycles. The first-order chi connectivity index (χ1) is 16.0. The predicted octanol–water partition coefficient (Wildman–Crippen LogP) is 5.30. The van der Waals surface area contributed by atoms with E-state index in [-0.39, 0.29) is 17.8 Å². The van der Waals surface area contributed by atoms with Gasteiger partial charge in [0.25, 0.3) is 0 Å². The Labute approximate surface area is 201 Å². The summed E-state index contributed by atoms with van der Waals surface area (Å²) in [5, 5.41) is 21.2. The highest BCUT2D eigenvalue weighted by atomic mass is 16.7. The number of esters is 1. The molecule has 0 amide bonds. The van der Waals surface area contributed by atoms with Crippen molar-refractivity contribution in [2.24, 2.45) is 11.8 Å². The molecule has 1 saturated heterocycles. The smallest absolute Gasteiger partial charge is 0.305 e. The summed E-state index contributed by atoms with van der Waals surface area (Å²) in [4.78, 5) is 11.4. The molecule has 1 heterocycles. The molecule has 2 rings (SSSR count). The van der Waals surface area contributed by atoms with E-state index in [1.54, 1.807) is 0 Å². The zero-order chi connectivity index (χ0) is 23.9. The van der Waals surface area contributed by atoms with Gasteiger partial charge >= 0.3 is 5.97 Å². The third-order valence-corrected chi connectivity index (χ3v) is 7.24. The van der Waals surface area contributed by atoms with Crippen molar-refractivity contribution < 1.29 is 29.2 Å². The molecule has 0 bridgehead atoms. The minimum Gasteiger partial charge on any atom is -0.466 e. The van der Waals surface area contributed by atoms with E-state index in [1.165, 1.54) is 25.7 Å². The number of aliphatic hydroxyl groups excluding tert-OH is 2. The van der Waals surface area contributed by atoms with Gasteiger partial charge in [0.2, 0.25) is 0 Å². The van der Waals surface area contributed by atoms with Crippen LogP contribution >= 0.6 is 0 Å². The normalized spacial score (nSPS) is 26.9. The third-order valence-electron chi connectivity index (χ3n) is 7.24. The maximum Gasteiger partial charge on any atom is 0.305 e. The van der Waals surface area contributed by atoms with Gasteiger partial charge in [0.15, 0.2) is 5.79 Å². The van der Waals surface area contributed by atoms with Crippen LogP contribution in [0.5, 0.6) is 0 Å². The molecule has 0 spiro atoms. The quantitative estimate of drug-likeness (QED) is 0.171. The Kier molecular flexibility index (Phi) is 13.6. The topological polar surface area (TPSA) is 85.2 Å². The van der Waals surface area contributed by atoms with Crippen molar-refractivity contribution in [2.75, 3.05) is 19.8 Å². The Morgan fingerprint density at radius 3 is 2.39 bits per heavy atom. The second-order valence-electron chi connectivity index (χ2n) is 9.77. The van der Waals surface area contributed by atoms with E-state index in [0.717, 1.165) is 51.4 Å². The first-order valence-electron chi connectivity index (χ1n) is 13.5. The van der Waals surface area contributed by atoms with Crippen LogP contribution in [0.3, 0.4) is 0 Å². The second-order valence-corrected chi connectivity index (χ2v) is 9.77. The van der Waals surface area contributed by atoms with Gasteiger partial charge in [0.05, 0.1) is 32.0 Å². The van der Waals surface area contributed by atoms with Crippen LogP contribution in [0.25, 0.3) is 0 Å². The zero-order valence-electron chi connectivity index (χ0n) is 21.0. The van der Waals surface area contributed by atoms with Gasteiger partial charge < -0.3 is 24.4 Å². The van der Waals surface area contributed by atoms with Crippen LogP contribution in [-0.2, 0) is 19.0 Å². The van der Waals surface area contributed by atoms with E-state index in [9.17, 15) is 15.0 Å². The van der Waals surface area contributed by atoms with E-state index in [1.807, 2.05) is 6.92 Å². The molecule has 33 heavy (non-hydrogen) atoms. The predicted molar refractivity (Wildman–Crippen MR) is 130 cm³/mol. The van der Waals surface area contributed by atoms with Crippen LogP contribution in [0.2, 0.25) is 0 Å². The highest BCUT2D eigenvalue weighted by molar-refractivity contribution is 5.69. The lowest BCUT2D eigenvalue weighted by Gasteiger charge is -2.31. The molecule has 6 heteroatoms. The van der Waals surface area contributed by atoms with Crippen LogP contribution in [0, 0.1) is 11.8 Å². The van der Waals surface area contributed by atoms with Crippen LogP contribution in [0.1, 0.15) is 104 Å². The summed E-state index contributed by atoms with van der Waals surface area (Å²) < 4.78 is 17.1. The fraction of sp³-hybridized carbons (Fsp3) is 0.889. The summed E-state index contributed by atoms with van der Waals surface area (Å²) >= 11 is 0. The molecule has 0 unspecified atom stereocenters. The Balaban J connectivity index is 1.75. The molecular formula is C27H48O6. The molecule has 2 N–H and O–H groups in total. The van der Waals surface area contributed by atoms with Crippen molar-refractivity contribution in [3.05, 3.63) is 12.2 Å². The molecule has 1 saturated carbocycles. The molecule has 6 nitrogen and oxygen atoms in total. The number of carbonyl (C=O) groups is 1. The van der Waals surface area contributed by atoms with Crippen LogP contribution in [0.4, 0.5) is 0 Å². The number of rotatable bonds is 17. The second kappa shape index (κ2) is 15.9. The molecule has 2 aliphatic rings. The first kappa shape index (κ1) is 28.3. The van der Waals surface area contributed by atoms with E-state index in [2.05, 4.69) is 19.1 Å². The van der Waals surface area contributed by atoms with Gasteiger partial charge in [-0.3, -0.25) is 4.79 Å². The zero-order valence-corrected chi connectivity index (χ0v) is 21.0. The molecule has 2 fully saturated rings. The first-order valence-corrected chi connectivity index (χ1v) is 13.5. The molecule has 0 aromatic rings. The average Bonchev–Trinajstić information content (AvgIpc) is 3.36. The van der Waals surface area contributed by atoms with Crippen molar-refractivity contribution in [3.63, 3.8) is 0 Å². The summed E-state index contributed by atoms with van der Waals surface area (Å²) in [6.45, 7) is 5.78. The largest absolute Gasteiger partial charge is 0.466 e. The summed E-state index contributed by atoms with van der Waals surface area (Å²) in [7, 11) is 0. The van der Waals surface area contributed by atoms with Gasteiger partial charge in [-0.05, 0) is 63.7 Å². The summed E-state index contributed by atoms with van der Waals surface area (Å²) in [6.07, 6.45) is 16.3. The number of unbranched alkanes of at least 4 members (excludes halogenated alkanes) is 6. The van der Waals surface area contributed by atoms with Crippen molar-refractivity contribution >= 4 is 5.97 Å². The van der Waals surface area contributed by atoms with Crippen LogP contribution in [-0.4, -0.2) is 54.0 Å². The van der Waals surface area contributed by atoms with Crippen molar-refractivity contribution in [3.8, 4) is 0 Å². The Hall–Kier alpha value is -0.950. The monoisotopic (exact) mass is 468 g/mol. The van der Waals surface area contributed by atoms with Gasteiger partial charge in [0, 0.05) is 19.3 Å². The lowest BCUT2D eigenvalue weighted by molar-refractivity contribution is -0.171. The number of hydrogen-bond donors (Lipinski definition) is 2. The SMILES string of the molecule is CCCCCCCC1(CC[C@@H]2[C@@H](C/C=C/CCCCC(=O)OCC)[C@@H](O)C[C@H]2O)OCCO1. The highest BCUT2D eigenvalue weighted by Crippen LogP contribution is 2.41. The lowest BCUT2D eigenvalue weighted by atomic mass is 9.85. The average molecular weight is 469 g/mol. The molecule has 1 aliphatic carbocycles. The number of hydrogen-bond acceptors (Lipinski definition) is 6. The number of allylic oxidation sites excluding steroid dienone is 2. The van der Waals surface area contributed by atoms with Crippen molar-refractivity contribution in [1.82, 2.24) is 0 Å². The van der Waals surface area contributed by atoms with Gasteiger partial charge in [-0.15, -0.1) is 0 Å². The lowest BCUT2D eigenvalue weighted by Crippen LogP contribution is -2.33. The minimum atomic E-state index is -0.501. The van der Waals surface area contributed by atoms with E-state index < -0.39 is 18.0 Å². The summed E-state index contributed by atoms with van der Waals surface area (Å²) in [5.74, 6) is -0.489. The Morgan fingerprint density at radius 1 is 0.939 bits per heavy atom. The van der Waals surface area contributed by atoms with Crippen molar-refractivity contribution in [2.45, 2.75) is 122 Å². The molecule has 0 radical (unpaired) electrons. The highest BCUT2D eigenvalue weighted by Gasteiger charge is 2.43. The standard InChI is InChI=1S/C27H48O6/c1-3-5-6-10-13-17-27(32-19-20-33-27)18-16-23-22(24(28)21-25(23)29)14-11-8-7-9-12-15-26(30)31-4-2/h8,11,22-25,28-29H,3-7,9-10,12-21H2,1-2H3/b11-8+/t22-,23-,24+,25-/m1/s1. The number of aliphatic hydroxyl groups is 2. The maximum atomic E-state index is 11.4. The Morgan fingerprint density at radius 2 is 1.67 bits per heavy atom. The fourth-order valence-corrected chi connectivity index (χ4v) is 5.34. The van der Waals surface area contributed by atoms with Gasteiger partial charge in [-0.25, -0.2) is 0 Å². The maximum absolute atomic E-state index is 11.4. The molecular weight excluding hydrogens is 420 g/mol. The van der Waals surface area contributed by atoms with E-state index >= 15 is 0 Å². The Bertz CT molecular complexity index is 557. The van der Waals surface area contributed by atoms with Gasteiger partial charge in [0.1, 0.15) is 0 Å². The fourth-order valence-electron chi connectivity index (χ4n) is 5.34. The minimum absolute atomic E-state index is 0.0678. The van der Waals surface area contributed by atoms with Crippen molar-refractivity contribution in [1.29, 1.82) is 0 Å². The number of carbonyl (C=O) groups excluding carboxylic acids is 1. The van der Waals surface area contributed by atoms with E-state index in [0.29, 0.717) is 32.7 Å². The number of ether oxygens (including phenoxy) is 3. The van der Waals surface area contributed by atoms with E-state index in [4.69, 9.17) is 14.2 Å². The summed E-state index contributed by atoms with van der Waals surface area (Å²) in [6, 6.07) is 0. The van der Waals surface area contributed by atoms with Gasteiger partial charge in [-0.1, -0.05) is 44.8 Å². The third kappa shape index (κ3) is 10.1. The molecule has 4 atom stereocenters. The van der Waals surface area contributed by atoms with Crippen LogP contribution < -0.4 is 0 Å².